The van der Waals surface area contributed by atoms with Crippen LogP contribution in [-0.2, 0) is 6.42 Å². The lowest BCUT2D eigenvalue weighted by Gasteiger charge is -2.02. The molecule has 0 amide bonds. The normalized spacial score (nSPS) is 9.62. The Kier molecular flexibility index (Phi) is 3.38. The Morgan fingerprint density at radius 1 is 1.23 bits per heavy atom. The van der Waals surface area contributed by atoms with Gasteiger partial charge in [-0.05, 0) is 18.1 Å². The molecule has 0 saturated heterocycles. The van der Waals surface area contributed by atoms with Gasteiger partial charge < -0.3 is 0 Å². The molecule has 2 nitrogen and oxygen atoms in total. The molecule has 1 aromatic carbocycles. The first-order valence-corrected chi connectivity index (χ1v) is 4.35. The number of benzene rings is 1. The van der Waals surface area contributed by atoms with Gasteiger partial charge in [0.15, 0.2) is 0 Å². The summed E-state index contributed by atoms with van der Waals surface area (Å²) in [7, 11) is 0. The first-order chi connectivity index (χ1) is 6.31. The summed E-state index contributed by atoms with van der Waals surface area (Å²) in [6.07, 6.45) is 3.45. The van der Waals surface area contributed by atoms with Crippen molar-refractivity contribution in [3.63, 3.8) is 0 Å². The van der Waals surface area contributed by atoms with Crippen LogP contribution < -0.4 is 0 Å². The number of hydrogen-bond donors (Lipinski definition) is 0. The molecule has 0 spiro atoms. The van der Waals surface area contributed by atoms with Crippen molar-refractivity contribution >= 4 is 12.6 Å². The quantitative estimate of drug-likeness (QED) is 0.659. The summed E-state index contributed by atoms with van der Waals surface area (Å²) in [6.45, 7) is 2.04. The minimum absolute atomic E-state index is 0.633. The molecule has 0 saturated carbocycles. The Morgan fingerprint density at radius 3 is 2.54 bits per heavy atom. The van der Waals surface area contributed by atoms with Crippen molar-refractivity contribution in [1.82, 2.24) is 0 Å². The van der Waals surface area contributed by atoms with E-state index in [4.69, 9.17) is 0 Å². The molecule has 68 valence electrons. The molecule has 0 radical (unpaired) electrons. The zero-order valence-corrected chi connectivity index (χ0v) is 7.62. The molecule has 0 fully saturated rings. The fourth-order valence-corrected chi connectivity index (χ4v) is 1.30. The molecule has 1 rings (SSSR count). The number of aryl methyl sites for hydroxylation is 1. The second-order valence-electron chi connectivity index (χ2n) is 2.94. The fourth-order valence-electron chi connectivity index (χ4n) is 1.30. The van der Waals surface area contributed by atoms with Crippen LogP contribution in [0.2, 0.25) is 0 Å². The first kappa shape index (κ1) is 9.65. The molecule has 13 heavy (non-hydrogen) atoms. The van der Waals surface area contributed by atoms with E-state index in [0.29, 0.717) is 11.1 Å². The molecule has 0 bridgehead atoms. The molecule has 0 atom stereocenters. The highest BCUT2D eigenvalue weighted by atomic mass is 16.1. The maximum Gasteiger partial charge on any atom is 0.150 e. The van der Waals surface area contributed by atoms with Crippen LogP contribution in [0.25, 0.3) is 0 Å². The monoisotopic (exact) mass is 176 g/mol. The maximum absolute atomic E-state index is 10.6. The lowest BCUT2D eigenvalue weighted by molar-refractivity contribution is 0.111. The van der Waals surface area contributed by atoms with E-state index < -0.39 is 0 Å². The van der Waals surface area contributed by atoms with Gasteiger partial charge in [0.1, 0.15) is 12.6 Å². The zero-order valence-electron chi connectivity index (χ0n) is 7.62. The van der Waals surface area contributed by atoms with Crippen molar-refractivity contribution in [3.8, 4) is 0 Å². The van der Waals surface area contributed by atoms with Gasteiger partial charge in [0.05, 0.1) is 0 Å². The highest BCUT2D eigenvalue weighted by Gasteiger charge is 2.01. The minimum Gasteiger partial charge on any atom is -0.298 e. The van der Waals surface area contributed by atoms with E-state index in [0.717, 1.165) is 31.0 Å². The SMILES string of the molecule is CCCc1cc(C=O)ccc1C=O. The molecule has 1 aromatic rings. The van der Waals surface area contributed by atoms with Gasteiger partial charge in [-0.1, -0.05) is 25.5 Å². The number of carbonyl (C=O) groups excluding carboxylic acids is 2. The van der Waals surface area contributed by atoms with Crippen LogP contribution in [0, 0.1) is 0 Å². The van der Waals surface area contributed by atoms with E-state index in [9.17, 15) is 9.59 Å². The molecule has 0 unspecified atom stereocenters. The van der Waals surface area contributed by atoms with Crippen LogP contribution >= 0.6 is 0 Å². The Bertz CT molecular complexity index is 316. The van der Waals surface area contributed by atoms with Crippen LogP contribution in [0.3, 0.4) is 0 Å². The molecule has 2 heteroatoms. The average molecular weight is 176 g/mol. The van der Waals surface area contributed by atoms with E-state index in [1.807, 2.05) is 6.92 Å². The Labute approximate surface area is 77.6 Å². The van der Waals surface area contributed by atoms with Crippen LogP contribution in [0.5, 0.6) is 0 Å². The van der Waals surface area contributed by atoms with Gasteiger partial charge in [0.25, 0.3) is 0 Å². The summed E-state index contributed by atoms with van der Waals surface area (Å²) in [5.41, 5.74) is 2.28. The molecule has 0 aliphatic rings. The number of aldehydes is 2. The Balaban J connectivity index is 3.09. The molecule has 0 aliphatic heterocycles. The summed E-state index contributed by atoms with van der Waals surface area (Å²) in [6, 6.07) is 5.14. The summed E-state index contributed by atoms with van der Waals surface area (Å²) in [4.78, 5) is 21.1. The van der Waals surface area contributed by atoms with Crippen molar-refractivity contribution in [2.24, 2.45) is 0 Å². The zero-order chi connectivity index (χ0) is 9.68. The van der Waals surface area contributed by atoms with Gasteiger partial charge in [-0.3, -0.25) is 9.59 Å². The Hall–Kier alpha value is -1.44. The van der Waals surface area contributed by atoms with E-state index in [1.54, 1.807) is 18.2 Å². The predicted octanol–water partition coefficient (Wildman–Crippen LogP) is 2.26. The minimum atomic E-state index is 0.633. The second kappa shape index (κ2) is 4.55. The van der Waals surface area contributed by atoms with Crippen molar-refractivity contribution in [1.29, 1.82) is 0 Å². The molecule has 0 N–H and O–H groups in total. The summed E-state index contributed by atoms with van der Waals surface area (Å²) in [5.74, 6) is 0. The van der Waals surface area contributed by atoms with Crippen LogP contribution in [0.4, 0.5) is 0 Å². The number of carbonyl (C=O) groups is 2. The molecular weight excluding hydrogens is 164 g/mol. The van der Waals surface area contributed by atoms with Crippen molar-refractivity contribution in [3.05, 3.63) is 34.9 Å². The summed E-state index contributed by atoms with van der Waals surface area (Å²) in [5, 5.41) is 0. The van der Waals surface area contributed by atoms with Gasteiger partial charge in [-0.25, -0.2) is 0 Å². The van der Waals surface area contributed by atoms with E-state index in [-0.39, 0.29) is 0 Å². The second-order valence-corrected chi connectivity index (χ2v) is 2.94. The summed E-state index contributed by atoms with van der Waals surface area (Å²) >= 11 is 0. The van der Waals surface area contributed by atoms with Gasteiger partial charge in [0.2, 0.25) is 0 Å². The van der Waals surface area contributed by atoms with Gasteiger partial charge in [-0.15, -0.1) is 0 Å². The summed E-state index contributed by atoms with van der Waals surface area (Å²) < 4.78 is 0. The van der Waals surface area contributed by atoms with E-state index >= 15 is 0 Å². The lowest BCUT2D eigenvalue weighted by atomic mass is 10.0. The molecule has 0 aromatic heterocycles. The fraction of sp³-hybridized carbons (Fsp3) is 0.273. The smallest absolute Gasteiger partial charge is 0.150 e. The van der Waals surface area contributed by atoms with Crippen molar-refractivity contribution < 1.29 is 9.59 Å². The third-order valence-corrected chi connectivity index (χ3v) is 1.95. The highest BCUT2D eigenvalue weighted by molar-refractivity contribution is 5.81. The first-order valence-electron chi connectivity index (χ1n) is 4.35. The topological polar surface area (TPSA) is 34.1 Å². The Morgan fingerprint density at radius 2 is 2.00 bits per heavy atom. The third kappa shape index (κ3) is 2.25. The van der Waals surface area contributed by atoms with Crippen molar-refractivity contribution in [2.75, 3.05) is 0 Å². The van der Waals surface area contributed by atoms with Gasteiger partial charge in [-0.2, -0.15) is 0 Å². The van der Waals surface area contributed by atoms with E-state index in [1.165, 1.54) is 0 Å². The third-order valence-electron chi connectivity index (χ3n) is 1.95. The standard InChI is InChI=1S/C11H12O2/c1-2-3-10-6-9(7-12)4-5-11(10)8-13/h4-8H,2-3H2,1H3. The van der Waals surface area contributed by atoms with Crippen LogP contribution in [-0.4, -0.2) is 12.6 Å². The average Bonchev–Trinajstić information content (AvgIpc) is 2.18. The lowest BCUT2D eigenvalue weighted by Crippen LogP contribution is -1.94. The molecular formula is C11H12O2. The van der Waals surface area contributed by atoms with Crippen molar-refractivity contribution in [2.45, 2.75) is 19.8 Å². The van der Waals surface area contributed by atoms with E-state index in [2.05, 4.69) is 0 Å². The number of hydrogen-bond acceptors (Lipinski definition) is 2. The highest BCUT2D eigenvalue weighted by Crippen LogP contribution is 2.11. The largest absolute Gasteiger partial charge is 0.298 e. The maximum atomic E-state index is 10.6. The molecule has 0 heterocycles. The number of rotatable bonds is 4. The molecule has 0 aliphatic carbocycles. The van der Waals surface area contributed by atoms with Crippen LogP contribution in [0.1, 0.15) is 39.6 Å². The van der Waals surface area contributed by atoms with Gasteiger partial charge >= 0.3 is 0 Å². The predicted molar refractivity (Wildman–Crippen MR) is 51.2 cm³/mol. The van der Waals surface area contributed by atoms with Crippen LogP contribution in [0.15, 0.2) is 18.2 Å². The van der Waals surface area contributed by atoms with Gasteiger partial charge in [0, 0.05) is 11.1 Å².